The Morgan fingerprint density at radius 2 is 1.81 bits per heavy atom. The number of hydrogen-bond acceptors (Lipinski definition) is 4. The van der Waals surface area contributed by atoms with Crippen molar-refractivity contribution in [1.29, 1.82) is 0 Å². The lowest BCUT2D eigenvalue weighted by Gasteiger charge is -2.41. The zero-order chi connectivity index (χ0) is 23.0. The number of benzene rings is 1. The van der Waals surface area contributed by atoms with Gasteiger partial charge in [-0.3, -0.25) is 9.79 Å². The summed E-state index contributed by atoms with van der Waals surface area (Å²) in [4.78, 5) is 18.7. The van der Waals surface area contributed by atoms with E-state index < -0.39 is 0 Å². The van der Waals surface area contributed by atoms with Gasteiger partial charge in [0.25, 0.3) is 0 Å². The largest absolute Gasteiger partial charge is 0.381 e. The van der Waals surface area contributed by atoms with Gasteiger partial charge in [0, 0.05) is 63.4 Å². The van der Waals surface area contributed by atoms with Crippen molar-refractivity contribution >= 4 is 11.9 Å². The molecule has 3 N–H and O–H groups in total. The van der Waals surface area contributed by atoms with Crippen molar-refractivity contribution in [1.82, 2.24) is 20.9 Å². The van der Waals surface area contributed by atoms with Gasteiger partial charge in [0.15, 0.2) is 5.96 Å². The predicted molar refractivity (Wildman–Crippen MR) is 130 cm³/mol. The Bertz CT molecular complexity index is 738. The van der Waals surface area contributed by atoms with Crippen LogP contribution in [0.15, 0.2) is 35.3 Å². The third-order valence-electron chi connectivity index (χ3n) is 6.73. The minimum absolute atomic E-state index is 0.0435. The van der Waals surface area contributed by atoms with Gasteiger partial charge in [-0.2, -0.15) is 0 Å². The molecule has 0 saturated carbocycles. The first-order valence-electron chi connectivity index (χ1n) is 12.1. The van der Waals surface area contributed by atoms with Gasteiger partial charge in [0.2, 0.25) is 5.91 Å². The predicted octanol–water partition coefficient (Wildman–Crippen LogP) is 2.70. The molecule has 0 radical (unpaired) electrons. The van der Waals surface area contributed by atoms with Crippen molar-refractivity contribution in [3.05, 3.63) is 35.9 Å². The van der Waals surface area contributed by atoms with Crippen LogP contribution in [0.1, 0.15) is 58.1 Å². The molecule has 2 heterocycles. The Balaban J connectivity index is 1.54. The lowest BCUT2D eigenvalue weighted by Crippen LogP contribution is -2.59. The topological polar surface area (TPSA) is 78.0 Å². The lowest BCUT2D eigenvalue weighted by atomic mass is 9.88. The summed E-state index contributed by atoms with van der Waals surface area (Å²) in [6.07, 6.45) is 3.82. The molecule has 1 amide bonds. The zero-order valence-electron chi connectivity index (χ0n) is 20.2. The molecule has 0 aliphatic carbocycles. The van der Waals surface area contributed by atoms with Gasteiger partial charge in [0.05, 0.1) is 0 Å². The van der Waals surface area contributed by atoms with Gasteiger partial charge in [-0.15, -0.1) is 0 Å². The fourth-order valence-electron chi connectivity index (χ4n) is 4.67. The smallest absolute Gasteiger partial charge is 0.225 e. The van der Waals surface area contributed by atoms with E-state index in [-0.39, 0.29) is 23.4 Å². The average molecular weight is 444 g/mol. The highest BCUT2D eigenvalue weighted by atomic mass is 16.5. The second-order valence-electron chi connectivity index (χ2n) is 9.49. The van der Waals surface area contributed by atoms with Gasteiger partial charge < -0.3 is 25.6 Å². The Hall–Kier alpha value is -2.12. The van der Waals surface area contributed by atoms with Gasteiger partial charge in [-0.05, 0) is 38.2 Å². The van der Waals surface area contributed by atoms with Crippen molar-refractivity contribution in [2.75, 3.05) is 39.9 Å². The standard InChI is InChI=1S/C25H41N5O2/c1-19(2)23(31)30-14-10-22(11-15-30)28-24(26-4)27-18-25(12-16-32-17-13-25)29-20(3)21-8-6-5-7-9-21/h5-9,19-20,22,29H,10-18H2,1-4H3,(H2,26,27,28). The number of hydrogen-bond donors (Lipinski definition) is 3. The maximum absolute atomic E-state index is 12.2. The first-order valence-corrected chi connectivity index (χ1v) is 12.1. The van der Waals surface area contributed by atoms with Crippen LogP contribution in [0.3, 0.4) is 0 Å². The molecule has 1 unspecified atom stereocenters. The average Bonchev–Trinajstić information content (AvgIpc) is 2.82. The van der Waals surface area contributed by atoms with Crippen molar-refractivity contribution in [3.63, 3.8) is 0 Å². The summed E-state index contributed by atoms with van der Waals surface area (Å²) in [5.41, 5.74) is 1.25. The molecule has 7 heteroatoms. The van der Waals surface area contributed by atoms with Crippen LogP contribution in [-0.4, -0.2) is 68.2 Å². The molecule has 3 rings (SSSR count). The van der Waals surface area contributed by atoms with E-state index in [0.29, 0.717) is 6.04 Å². The lowest BCUT2D eigenvalue weighted by molar-refractivity contribution is -0.135. The van der Waals surface area contributed by atoms with E-state index in [2.05, 4.69) is 58.2 Å². The fraction of sp³-hybridized carbons (Fsp3) is 0.680. The second-order valence-corrected chi connectivity index (χ2v) is 9.49. The van der Waals surface area contributed by atoms with E-state index in [1.165, 1.54) is 5.56 Å². The van der Waals surface area contributed by atoms with Crippen molar-refractivity contribution in [2.24, 2.45) is 10.9 Å². The molecule has 0 bridgehead atoms. The van der Waals surface area contributed by atoms with E-state index in [1.54, 1.807) is 0 Å². The number of rotatable bonds is 7. The van der Waals surface area contributed by atoms with Gasteiger partial charge in [-0.1, -0.05) is 44.2 Å². The second kappa shape index (κ2) is 11.7. The number of piperidine rings is 1. The summed E-state index contributed by atoms with van der Waals surface area (Å²) in [6, 6.07) is 11.2. The highest BCUT2D eigenvalue weighted by Crippen LogP contribution is 2.25. The highest BCUT2D eigenvalue weighted by Gasteiger charge is 2.34. The van der Waals surface area contributed by atoms with Crippen molar-refractivity contribution in [2.45, 2.75) is 64.1 Å². The van der Waals surface area contributed by atoms with Gasteiger partial charge >= 0.3 is 0 Å². The number of carbonyl (C=O) groups excluding carboxylic acids is 1. The van der Waals surface area contributed by atoms with E-state index in [4.69, 9.17) is 4.74 Å². The van der Waals surface area contributed by atoms with Crippen LogP contribution in [0.25, 0.3) is 0 Å². The number of nitrogens with zero attached hydrogens (tertiary/aromatic N) is 2. The van der Waals surface area contributed by atoms with Crippen LogP contribution in [0, 0.1) is 5.92 Å². The van der Waals surface area contributed by atoms with Gasteiger partial charge in [-0.25, -0.2) is 0 Å². The van der Waals surface area contributed by atoms with E-state index >= 15 is 0 Å². The normalized spacial score (nSPS) is 20.8. The molecule has 1 aromatic rings. The fourth-order valence-corrected chi connectivity index (χ4v) is 4.67. The molecule has 7 nitrogen and oxygen atoms in total. The quantitative estimate of drug-likeness (QED) is 0.446. The van der Waals surface area contributed by atoms with E-state index in [9.17, 15) is 4.79 Å². The molecule has 0 spiro atoms. The minimum atomic E-state index is -0.0435. The summed E-state index contributed by atoms with van der Waals surface area (Å²) < 4.78 is 5.67. The maximum Gasteiger partial charge on any atom is 0.225 e. The van der Waals surface area contributed by atoms with Crippen LogP contribution in [0.2, 0.25) is 0 Å². The Kier molecular flexibility index (Phi) is 8.93. The molecule has 2 aliphatic rings. The monoisotopic (exact) mass is 443 g/mol. The van der Waals surface area contributed by atoms with Crippen LogP contribution in [0.4, 0.5) is 0 Å². The molecular formula is C25H41N5O2. The SMILES string of the molecule is CN=C(NCC1(NC(C)c2ccccc2)CCOCC1)NC1CCN(C(=O)C(C)C)CC1. The molecule has 1 atom stereocenters. The molecule has 1 aromatic carbocycles. The van der Waals surface area contributed by atoms with Crippen molar-refractivity contribution < 1.29 is 9.53 Å². The maximum atomic E-state index is 12.2. The summed E-state index contributed by atoms with van der Waals surface area (Å²) in [7, 11) is 1.82. The summed E-state index contributed by atoms with van der Waals surface area (Å²) in [5.74, 6) is 1.15. The Morgan fingerprint density at radius 3 is 2.41 bits per heavy atom. The number of likely N-dealkylation sites (tertiary alicyclic amines) is 1. The Morgan fingerprint density at radius 1 is 1.16 bits per heavy atom. The zero-order valence-corrected chi connectivity index (χ0v) is 20.2. The minimum Gasteiger partial charge on any atom is -0.381 e. The summed E-state index contributed by atoms with van der Waals surface area (Å²) in [6.45, 7) is 10.1. The molecule has 32 heavy (non-hydrogen) atoms. The first-order chi connectivity index (χ1) is 15.4. The number of nitrogens with one attached hydrogen (secondary N) is 3. The van der Waals surface area contributed by atoms with Crippen LogP contribution < -0.4 is 16.0 Å². The van der Waals surface area contributed by atoms with E-state index in [1.807, 2.05) is 25.8 Å². The molecule has 2 aliphatic heterocycles. The summed E-state index contributed by atoms with van der Waals surface area (Å²) >= 11 is 0. The Labute approximate surface area is 193 Å². The molecule has 2 saturated heterocycles. The van der Waals surface area contributed by atoms with Crippen molar-refractivity contribution in [3.8, 4) is 0 Å². The number of amides is 1. The molecular weight excluding hydrogens is 402 g/mol. The third-order valence-corrected chi connectivity index (χ3v) is 6.73. The van der Waals surface area contributed by atoms with Gasteiger partial charge in [0.1, 0.15) is 0 Å². The molecule has 2 fully saturated rings. The summed E-state index contributed by atoms with van der Waals surface area (Å²) in [5, 5.41) is 11.0. The number of guanidine groups is 1. The molecule has 178 valence electrons. The number of carbonyl (C=O) groups is 1. The molecule has 0 aromatic heterocycles. The highest BCUT2D eigenvalue weighted by molar-refractivity contribution is 5.80. The van der Waals surface area contributed by atoms with Crippen LogP contribution >= 0.6 is 0 Å². The van der Waals surface area contributed by atoms with Crippen LogP contribution in [0.5, 0.6) is 0 Å². The third kappa shape index (κ3) is 6.69. The number of aliphatic imine (C=N–C) groups is 1. The first kappa shape index (κ1) is 24.5. The van der Waals surface area contributed by atoms with Crippen LogP contribution in [-0.2, 0) is 9.53 Å². The van der Waals surface area contributed by atoms with E-state index in [0.717, 1.165) is 64.5 Å². The number of ether oxygens (including phenoxy) is 1.